The van der Waals surface area contributed by atoms with Gasteiger partial charge in [-0.3, -0.25) is 14.3 Å². The molecule has 0 bridgehead atoms. The predicted octanol–water partition coefficient (Wildman–Crippen LogP) is 4.90. The number of Topliss-reactive ketones (excluding diaryl/α,β-unsaturated/α-hetero) is 1. The van der Waals surface area contributed by atoms with Crippen LogP contribution in [-0.4, -0.2) is 20.1 Å². The van der Waals surface area contributed by atoms with Crippen LogP contribution in [0.4, 0.5) is 11.4 Å². The molecule has 0 saturated carbocycles. The van der Waals surface area contributed by atoms with E-state index < -0.39 is 10.0 Å². The van der Waals surface area contributed by atoms with Crippen LogP contribution in [0.5, 0.6) is 0 Å². The molecule has 3 aromatic rings. The van der Waals surface area contributed by atoms with Crippen molar-refractivity contribution in [2.45, 2.75) is 18.7 Å². The second-order valence-electron chi connectivity index (χ2n) is 6.68. The number of aryl methyl sites for hydroxylation is 1. The Hall–Kier alpha value is -3.16. The van der Waals surface area contributed by atoms with Gasteiger partial charge in [-0.25, -0.2) is 8.42 Å². The Morgan fingerprint density at radius 1 is 0.833 bits per heavy atom. The zero-order chi connectivity index (χ0) is 21.9. The zero-order valence-corrected chi connectivity index (χ0v) is 17.8. The van der Waals surface area contributed by atoms with E-state index in [2.05, 4.69) is 10.0 Å². The number of hydrogen-bond donors (Lipinski definition) is 2. The summed E-state index contributed by atoms with van der Waals surface area (Å²) < 4.78 is 27.5. The minimum absolute atomic E-state index is 0.0329. The van der Waals surface area contributed by atoms with Crippen molar-refractivity contribution in [2.75, 3.05) is 10.0 Å². The molecular weight excluding hydrogens is 424 g/mol. The fourth-order valence-electron chi connectivity index (χ4n) is 2.65. The smallest absolute Gasteiger partial charge is 0.261 e. The van der Waals surface area contributed by atoms with Crippen LogP contribution >= 0.6 is 11.6 Å². The number of benzene rings is 3. The van der Waals surface area contributed by atoms with Crippen molar-refractivity contribution >= 4 is 44.7 Å². The highest BCUT2D eigenvalue weighted by molar-refractivity contribution is 7.92. The van der Waals surface area contributed by atoms with E-state index >= 15 is 0 Å². The molecule has 0 aromatic heterocycles. The predicted molar refractivity (Wildman–Crippen MR) is 118 cm³/mol. The Morgan fingerprint density at radius 3 is 1.97 bits per heavy atom. The summed E-state index contributed by atoms with van der Waals surface area (Å²) in [6.07, 6.45) is 0. The maximum absolute atomic E-state index is 12.5. The first-order valence-electron chi connectivity index (χ1n) is 8.97. The molecule has 0 aliphatic heterocycles. The van der Waals surface area contributed by atoms with Gasteiger partial charge in [0.25, 0.3) is 15.9 Å². The van der Waals surface area contributed by atoms with E-state index in [0.29, 0.717) is 27.5 Å². The molecule has 8 heteroatoms. The largest absolute Gasteiger partial charge is 0.322 e. The molecule has 0 aliphatic rings. The number of amides is 1. The number of nitrogens with one attached hydrogen (secondary N) is 2. The van der Waals surface area contributed by atoms with Crippen LogP contribution in [0.1, 0.15) is 33.2 Å². The first kappa shape index (κ1) is 21.5. The van der Waals surface area contributed by atoms with Crippen molar-refractivity contribution in [3.05, 3.63) is 88.4 Å². The molecule has 0 saturated heterocycles. The van der Waals surface area contributed by atoms with Crippen molar-refractivity contribution in [2.24, 2.45) is 0 Å². The summed E-state index contributed by atoms with van der Waals surface area (Å²) in [7, 11) is -3.82. The second kappa shape index (κ2) is 8.69. The van der Waals surface area contributed by atoms with E-state index in [9.17, 15) is 18.0 Å². The van der Waals surface area contributed by atoms with Gasteiger partial charge in [0.05, 0.1) is 4.90 Å². The molecule has 154 valence electrons. The third-order valence-corrected chi connectivity index (χ3v) is 6.20. The Balaban J connectivity index is 1.70. The fraction of sp³-hybridized carbons (Fsp3) is 0.0909. The molecular formula is C22H19ClN2O4S. The Kier molecular flexibility index (Phi) is 6.24. The molecule has 1 amide bonds. The lowest BCUT2D eigenvalue weighted by molar-refractivity contribution is 0.101. The van der Waals surface area contributed by atoms with Crippen molar-refractivity contribution in [3.63, 3.8) is 0 Å². The maximum Gasteiger partial charge on any atom is 0.261 e. The molecule has 0 heterocycles. The summed E-state index contributed by atoms with van der Waals surface area (Å²) in [4.78, 5) is 23.8. The minimum Gasteiger partial charge on any atom is -0.322 e. The third kappa shape index (κ3) is 5.06. The van der Waals surface area contributed by atoms with Gasteiger partial charge in [-0.15, -0.1) is 0 Å². The van der Waals surface area contributed by atoms with Crippen molar-refractivity contribution < 1.29 is 18.0 Å². The molecule has 0 radical (unpaired) electrons. The number of sulfonamides is 1. The van der Waals surface area contributed by atoms with Gasteiger partial charge < -0.3 is 5.32 Å². The highest BCUT2D eigenvalue weighted by Crippen LogP contribution is 2.21. The summed E-state index contributed by atoms with van der Waals surface area (Å²) in [5.41, 5.74) is 2.57. The third-order valence-electron chi connectivity index (χ3n) is 4.40. The van der Waals surface area contributed by atoms with Gasteiger partial charge in [-0.2, -0.15) is 0 Å². The SMILES string of the molecule is CC(=O)c1ccc(S(=O)(=O)Nc2ccc(C(=O)Nc3ccc(C)c(Cl)c3)cc2)cc1. The molecule has 0 spiro atoms. The standard InChI is InChI=1S/C22H19ClN2O4S/c1-14-3-8-19(13-21(14)23)24-22(27)17-4-9-18(10-5-17)25-30(28,29)20-11-6-16(7-12-20)15(2)26/h3-13,25H,1-2H3,(H,24,27). The van der Waals surface area contributed by atoms with E-state index in [-0.39, 0.29) is 16.6 Å². The van der Waals surface area contributed by atoms with Gasteiger partial charge in [-0.1, -0.05) is 29.8 Å². The quantitative estimate of drug-likeness (QED) is 0.531. The molecule has 30 heavy (non-hydrogen) atoms. The molecule has 2 N–H and O–H groups in total. The van der Waals surface area contributed by atoms with Gasteiger partial charge in [-0.05, 0) is 67.9 Å². The monoisotopic (exact) mass is 442 g/mol. The number of rotatable bonds is 6. The van der Waals surface area contributed by atoms with Crippen molar-refractivity contribution in [1.82, 2.24) is 0 Å². The van der Waals surface area contributed by atoms with Gasteiger partial charge in [0.15, 0.2) is 5.78 Å². The normalized spacial score (nSPS) is 11.0. The lowest BCUT2D eigenvalue weighted by Crippen LogP contribution is -2.14. The van der Waals surface area contributed by atoms with Gasteiger partial charge in [0, 0.05) is 27.5 Å². The molecule has 0 aliphatic carbocycles. The van der Waals surface area contributed by atoms with Gasteiger partial charge in [0.2, 0.25) is 0 Å². The van der Waals surface area contributed by atoms with E-state index in [1.807, 2.05) is 6.92 Å². The van der Waals surface area contributed by atoms with Gasteiger partial charge in [0.1, 0.15) is 0 Å². The van der Waals surface area contributed by atoms with Crippen LogP contribution in [0.15, 0.2) is 71.6 Å². The van der Waals surface area contributed by atoms with Crippen LogP contribution in [-0.2, 0) is 10.0 Å². The average Bonchev–Trinajstić information content (AvgIpc) is 2.71. The van der Waals surface area contributed by atoms with Crippen LogP contribution in [0.2, 0.25) is 5.02 Å². The number of ketones is 1. The minimum atomic E-state index is -3.82. The highest BCUT2D eigenvalue weighted by Gasteiger charge is 2.15. The summed E-state index contributed by atoms with van der Waals surface area (Å²) >= 11 is 6.07. The Bertz CT molecular complexity index is 1200. The molecule has 3 rings (SSSR count). The molecule has 0 unspecified atom stereocenters. The van der Waals surface area contributed by atoms with Gasteiger partial charge >= 0.3 is 0 Å². The Labute approximate surface area is 179 Å². The first-order valence-corrected chi connectivity index (χ1v) is 10.8. The highest BCUT2D eigenvalue weighted by atomic mass is 35.5. The fourth-order valence-corrected chi connectivity index (χ4v) is 3.89. The number of anilines is 2. The summed E-state index contributed by atoms with van der Waals surface area (Å²) in [6.45, 7) is 3.28. The summed E-state index contributed by atoms with van der Waals surface area (Å²) in [6, 6.07) is 16.9. The topological polar surface area (TPSA) is 92.3 Å². The summed E-state index contributed by atoms with van der Waals surface area (Å²) in [5, 5.41) is 3.29. The molecule has 0 atom stereocenters. The Morgan fingerprint density at radius 2 is 1.40 bits per heavy atom. The second-order valence-corrected chi connectivity index (χ2v) is 8.77. The first-order chi connectivity index (χ1) is 14.2. The van der Waals surface area contributed by atoms with E-state index in [4.69, 9.17) is 11.6 Å². The van der Waals surface area contributed by atoms with Crippen LogP contribution in [0.25, 0.3) is 0 Å². The lowest BCUT2D eigenvalue weighted by atomic mass is 10.2. The van der Waals surface area contributed by atoms with E-state index in [1.54, 1.807) is 18.2 Å². The number of halogens is 1. The van der Waals surface area contributed by atoms with E-state index in [1.165, 1.54) is 55.5 Å². The molecule has 0 fully saturated rings. The van der Waals surface area contributed by atoms with Crippen LogP contribution in [0, 0.1) is 6.92 Å². The zero-order valence-electron chi connectivity index (χ0n) is 16.3. The number of hydrogen-bond acceptors (Lipinski definition) is 4. The van der Waals surface area contributed by atoms with Crippen molar-refractivity contribution in [3.8, 4) is 0 Å². The number of carbonyl (C=O) groups is 2. The van der Waals surface area contributed by atoms with Crippen molar-refractivity contribution in [1.29, 1.82) is 0 Å². The van der Waals surface area contributed by atoms with Crippen LogP contribution < -0.4 is 10.0 Å². The molecule has 3 aromatic carbocycles. The molecule has 6 nitrogen and oxygen atoms in total. The average molecular weight is 443 g/mol. The number of carbonyl (C=O) groups excluding carboxylic acids is 2. The lowest BCUT2D eigenvalue weighted by Gasteiger charge is -2.10. The maximum atomic E-state index is 12.5. The summed E-state index contributed by atoms with van der Waals surface area (Å²) in [5.74, 6) is -0.488. The van der Waals surface area contributed by atoms with E-state index in [0.717, 1.165) is 5.56 Å². The van der Waals surface area contributed by atoms with Crippen LogP contribution in [0.3, 0.4) is 0 Å².